The molecule has 0 N–H and O–H groups in total. The second-order valence-electron chi connectivity index (χ2n) is 7.74. The van der Waals surface area contributed by atoms with Crippen molar-refractivity contribution < 1.29 is 19.1 Å². The standard InChI is InChI=1S/C25H27N3O4S/c1-4-17-5-7-18(8-6-17)24(29)27-11-13-28(14-12-27)25(30)20-16-33-23(26-20)19-9-10-21(31-2)22(15-19)32-3/h5-10,15-16H,4,11-14H2,1-3H3. The Morgan fingerprint density at radius 1 is 0.909 bits per heavy atom. The molecule has 0 spiro atoms. The third-order valence-electron chi connectivity index (χ3n) is 5.82. The molecular formula is C25H27N3O4S. The molecule has 0 atom stereocenters. The van der Waals surface area contributed by atoms with E-state index < -0.39 is 0 Å². The highest BCUT2D eigenvalue weighted by atomic mass is 32.1. The number of rotatable bonds is 6. The topological polar surface area (TPSA) is 72.0 Å². The van der Waals surface area contributed by atoms with Crippen LogP contribution in [0.2, 0.25) is 0 Å². The van der Waals surface area contributed by atoms with Gasteiger partial charge in [0, 0.05) is 42.7 Å². The second kappa shape index (κ2) is 10.0. The van der Waals surface area contributed by atoms with E-state index in [1.165, 1.54) is 16.9 Å². The highest BCUT2D eigenvalue weighted by Crippen LogP contribution is 2.33. The molecule has 1 saturated heterocycles. The Bertz CT molecular complexity index is 1130. The Balaban J connectivity index is 1.39. The number of nitrogens with zero attached hydrogens (tertiary/aromatic N) is 3. The number of amides is 2. The first-order valence-electron chi connectivity index (χ1n) is 10.9. The molecule has 0 saturated carbocycles. The van der Waals surface area contributed by atoms with Crippen molar-refractivity contribution in [3.63, 3.8) is 0 Å². The number of aryl methyl sites for hydroxylation is 1. The van der Waals surface area contributed by atoms with Crippen LogP contribution in [-0.2, 0) is 6.42 Å². The monoisotopic (exact) mass is 465 g/mol. The minimum atomic E-state index is -0.114. The fourth-order valence-corrected chi connectivity index (χ4v) is 4.60. The Labute approximate surface area is 197 Å². The van der Waals surface area contributed by atoms with Crippen LogP contribution < -0.4 is 9.47 Å². The summed E-state index contributed by atoms with van der Waals surface area (Å²) in [5, 5.41) is 2.52. The van der Waals surface area contributed by atoms with Gasteiger partial charge in [-0.05, 0) is 42.3 Å². The van der Waals surface area contributed by atoms with Crippen LogP contribution in [0.5, 0.6) is 11.5 Å². The summed E-state index contributed by atoms with van der Waals surface area (Å²) in [7, 11) is 3.18. The molecule has 2 aromatic carbocycles. The Morgan fingerprint density at radius 3 is 2.15 bits per heavy atom. The van der Waals surface area contributed by atoms with Crippen LogP contribution in [0.15, 0.2) is 47.8 Å². The first-order chi connectivity index (χ1) is 16.0. The molecule has 3 aromatic rings. The molecule has 0 aliphatic carbocycles. The molecule has 4 rings (SSSR count). The third-order valence-corrected chi connectivity index (χ3v) is 6.71. The predicted molar refractivity (Wildman–Crippen MR) is 128 cm³/mol. The van der Waals surface area contributed by atoms with E-state index in [1.807, 2.05) is 42.5 Å². The molecule has 1 fully saturated rings. The average molecular weight is 466 g/mol. The van der Waals surface area contributed by atoms with E-state index in [9.17, 15) is 9.59 Å². The lowest BCUT2D eigenvalue weighted by Crippen LogP contribution is -2.50. The lowest BCUT2D eigenvalue weighted by molar-refractivity contribution is 0.0533. The molecule has 0 bridgehead atoms. The van der Waals surface area contributed by atoms with Crippen molar-refractivity contribution in [2.45, 2.75) is 13.3 Å². The van der Waals surface area contributed by atoms with Crippen LogP contribution in [-0.4, -0.2) is 67.0 Å². The predicted octanol–water partition coefficient (Wildman–Crippen LogP) is 3.99. The van der Waals surface area contributed by atoms with E-state index in [2.05, 4.69) is 11.9 Å². The number of hydrogen-bond acceptors (Lipinski definition) is 6. The molecule has 33 heavy (non-hydrogen) atoms. The molecule has 172 valence electrons. The highest BCUT2D eigenvalue weighted by Gasteiger charge is 2.27. The summed E-state index contributed by atoms with van der Waals surface area (Å²) in [5.74, 6) is 1.15. The Hall–Kier alpha value is -3.39. The normalized spacial score (nSPS) is 13.7. The summed E-state index contributed by atoms with van der Waals surface area (Å²) in [4.78, 5) is 33.9. The van der Waals surface area contributed by atoms with Crippen molar-refractivity contribution >= 4 is 23.2 Å². The maximum Gasteiger partial charge on any atom is 0.273 e. The van der Waals surface area contributed by atoms with Crippen molar-refractivity contribution in [1.29, 1.82) is 0 Å². The largest absolute Gasteiger partial charge is 0.493 e. The summed E-state index contributed by atoms with van der Waals surface area (Å²) in [6.45, 7) is 4.08. The van der Waals surface area contributed by atoms with Gasteiger partial charge in [-0.25, -0.2) is 4.98 Å². The van der Waals surface area contributed by atoms with Crippen LogP contribution in [0.25, 0.3) is 10.6 Å². The van der Waals surface area contributed by atoms with Crippen LogP contribution in [0.3, 0.4) is 0 Å². The number of ether oxygens (including phenoxy) is 2. The van der Waals surface area contributed by atoms with Gasteiger partial charge in [-0.3, -0.25) is 9.59 Å². The molecule has 7 nitrogen and oxygen atoms in total. The minimum absolute atomic E-state index is 0.00847. The van der Waals surface area contributed by atoms with Gasteiger partial charge in [-0.1, -0.05) is 19.1 Å². The Kier molecular flexibility index (Phi) is 6.93. The van der Waals surface area contributed by atoms with Crippen molar-refractivity contribution in [2.75, 3.05) is 40.4 Å². The molecule has 2 heterocycles. The summed E-state index contributed by atoms with van der Waals surface area (Å²) >= 11 is 1.41. The van der Waals surface area contributed by atoms with Gasteiger partial charge in [0.05, 0.1) is 14.2 Å². The van der Waals surface area contributed by atoms with Crippen LogP contribution in [0.4, 0.5) is 0 Å². The van der Waals surface area contributed by atoms with E-state index >= 15 is 0 Å². The molecule has 1 aromatic heterocycles. The summed E-state index contributed by atoms with van der Waals surface area (Å²) < 4.78 is 10.6. The zero-order valence-corrected chi connectivity index (χ0v) is 19.9. The lowest BCUT2D eigenvalue weighted by Gasteiger charge is -2.34. The fourth-order valence-electron chi connectivity index (χ4n) is 3.81. The Morgan fingerprint density at radius 2 is 1.55 bits per heavy atom. The van der Waals surface area contributed by atoms with E-state index in [1.54, 1.807) is 29.4 Å². The number of hydrogen-bond donors (Lipinski definition) is 0. The number of aromatic nitrogens is 1. The summed E-state index contributed by atoms with van der Waals surface area (Å²) in [6, 6.07) is 13.3. The van der Waals surface area contributed by atoms with Crippen molar-refractivity contribution in [1.82, 2.24) is 14.8 Å². The fraction of sp³-hybridized carbons (Fsp3) is 0.320. The van der Waals surface area contributed by atoms with E-state index in [0.717, 1.165) is 17.0 Å². The summed E-state index contributed by atoms with van der Waals surface area (Å²) in [5.41, 5.74) is 3.17. The molecular weight excluding hydrogens is 438 g/mol. The molecule has 8 heteroatoms. The van der Waals surface area contributed by atoms with E-state index in [0.29, 0.717) is 48.9 Å². The van der Waals surface area contributed by atoms with E-state index in [-0.39, 0.29) is 11.8 Å². The van der Waals surface area contributed by atoms with Gasteiger partial charge in [0.1, 0.15) is 10.7 Å². The van der Waals surface area contributed by atoms with Crippen LogP contribution in [0.1, 0.15) is 33.3 Å². The number of carbonyl (C=O) groups excluding carboxylic acids is 2. The van der Waals surface area contributed by atoms with Crippen molar-refractivity contribution in [2.24, 2.45) is 0 Å². The highest BCUT2D eigenvalue weighted by molar-refractivity contribution is 7.13. The second-order valence-corrected chi connectivity index (χ2v) is 8.60. The number of methoxy groups -OCH3 is 2. The summed E-state index contributed by atoms with van der Waals surface area (Å²) in [6.07, 6.45) is 0.944. The number of piperazine rings is 1. The van der Waals surface area contributed by atoms with E-state index in [4.69, 9.17) is 9.47 Å². The molecule has 2 amide bonds. The first-order valence-corrected chi connectivity index (χ1v) is 11.8. The van der Waals surface area contributed by atoms with Crippen LogP contribution in [0, 0.1) is 0 Å². The van der Waals surface area contributed by atoms with Gasteiger partial charge < -0.3 is 19.3 Å². The van der Waals surface area contributed by atoms with Crippen LogP contribution >= 0.6 is 11.3 Å². The number of benzene rings is 2. The smallest absolute Gasteiger partial charge is 0.273 e. The molecule has 0 radical (unpaired) electrons. The maximum absolute atomic E-state index is 13.0. The number of thiazole rings is 1. The SMILES string of the molecule is CCc1ccc(C(=O)N2CCN(C(=O)c3csc(-c4ccc(OC)c(OC)c4)n3)CC2)cc1. The van der Waals surface area contributed by atoms with Gasteiger partial charge in [0.25, 0.3) is 11.8 Å². The number of carbonyl (C=O) groups is 2. The van der Waals surface area contributed by atoms with Gasteiger partial charge in [-0.2, -0.15) is 0 Å². The third kappa shape index (κ3) is 4.85. The van der Waals surface area contributed by atoms with Crippen molar-refractivity contribution in [3.8, 4) is 22.1 Å². The van der Waals surface area contributed by atoms with Gasteiger partial charge in [0.15, 0.2) is 11.5 Å². The quantitative estimate of drug-likeness (QED) is 0.551. The maximum atomic E-state index is 13.0. The van der Waals surface area contributed by atoms with Gasteiger partial charge in [0.2, 0.25) is 0 Å². The zero-order chi connectivity index (χ0) is 23.4. The lowest BCUT2D eigenvalue weighted by atomic mass is 10.1. The average Bonchev–Trinajstić information content (AvgIpc) is 3.38. The minimum Gasteiger partial charge on any atom is -0.493 e. The molecule has 0 unspecified atom stereocenters. The zero-order valence-electron chi connectivity index (χ0n) is 19.0. The van der Waals surface area contributed by atoms with Crippen molar-refractivity contribution in [3.05, 3.63) is 64.7 Å². The molecule has 1 aliphatic heterocycles. The first kappa shape index (κ1) is 22.8. The van der Waals surface area contributed by atoms with Gasteiger partial charge in [-0.15, -0.1) is 11.3 Å². The van der Waals surface area contributed by atoms with Gasteiger partial charge >= 0.3 is 0 Å². The molecule has 1 aliphatic rings.